The second-order valence-corrected chi connectivity index (χ2v) is 8.34. The zero-order valence-corrected chi connectivity index (χ0v) is 18.4. The quantitative estimate of drug-likeness (QED) is 0.641. The summed E-state index contributed by atoms with van der Waals surface area (Å²) < 4.78 is 18.9. The number of carbonyl (C=O) groups excluding carboxylic acids is 2. The Kier molecular flexibility index (Phi) is 5.63. The van der Waals surface area contributed by atoms with Gasteiger partial charge in [0, 0.05) is 44.9 Å². The fourth-order valence-corrected chi connectivity index (χ4v) is 4.55. The van der Waals surface area contributed by atoms with Crippen molar-refractivity contribution in [3.63, 3.8) is 0 Å². The van der Waals surface area contributed by atoms with Gasteiger partial charge in [-0.1, -0.05) is 12.1 Å². The fraction of sp³-hybridized carbons (Fsp3) is 0.375. The maximum Gasteiger partial charge on any atom is 0.289 e. The number of carbonyl (C=O) groups is 2. The van der Waals surface area contributed by atoms with Crippen LogP contribution >= 0.6 is 0 Å². The van der Waals surface area contributed by atoms with Crippen LogP contribution in [0, 0.1) is 0 Å². The number of nitrogens with one attached hydrogen (secondary N) is 1. The Bertz CT molecular complexity index is 1110. The van der Waals surface area contributed by atoms with Gasteiger partial charge < -0.3 is 28.7 Å². The van der Waals surface area contributed by atoms with Crippen LogP contribution in [0.25, 0.3) is 0 Å². The lowest BCUT2D eigenvalue weighted by molar-refractivity contribution is -0.172. The van der Waals surface area contributed by atoms with Crippen LogP contribution < -0.4 is 10.1 Å². The number of imidazole rings is 1. The SMILES string of the molecule is COc1ccc(CNC(=O)[C@@H]2Cn3ccnc3C3(CCN(C(=O)c4ccco4)CC3)O2)cc1. The summed E-state index contributed by atoms with van der Waals surface area (Å²) in [5, 5.41) is 2.98. The molecule has 1 spiro atoms. The Morgan fingerprint density at radius 1 is 1.21 bits per heavy atom. The van der Waals surface area contributed by atoms with E-state index in [2.05, 4.69) is 10.3 Å². The zero-order chi connectivity index (χ0) is 22.8. The minimum Gasteiger partial charge on any atom is -0.497 e. The lowest BCUT2D eigenvalue weighted by Crippen LogP contribution is -2.54. The molecule has 9 heteroatoms. The van der Waals surface area contributed by atoms with Crippen molar-refractivity contribution in [1.82, 2.24) is 19.8 Å². The second kappa shape index (κ2) is 8.74. The molecule has 2 aliphatic heterocycles. The van der Waals surface area contributed by atoms with E-state index in [1.165, 1.54) is 6.26 Å². The minimum atomic E-state index is -0.705. The van der Waals surface area contributed by atoms with Gasteiger partial charge in [-0.25, -0.2) is 4.98 Å². The summed E-state index contributed by atoms with van der Waals surface area (Å²) in [7, 11) is 1.62. The molecule has 172 valence electrons. The van der Waals surface area contributed by atoms with Gasteiger partial charge in [0.25, 0.3) is 11.8 Å². The molecule has 0 unspecified atom stereocenters. The average Bonchev–Trinajstić information content (AvgIpc) is 3.56. The molecule has 1 atom stereocenters. The van der Waals surface area contributed by atoms with Gasteiger partial charge in [-0.2, -0.15) is 0 Å². The zero-order valence-electron chi connectivity index (χ0n) is 18.4. The number of benzene rings is 1. The number of fused-ring (bicyclic) bond motifs is 2. The number of rotatable bonds is 5. The molecule has 1 N–H and O–H groups in total. The van der Waals surface area contributed by atoms with Crippen molar-refractivity contribution in [2.24, 2.45) is 0 Å². The highest BCUT2D eigenvalue weighted by molar-refractivity contribution is 5.91. The third-order valence-corrected chi connectivity index (χ3v) is 6.36. The highest BCUT2D eigenvalue weighted by Crippen LogP contribution is 2.40. The molecule has 0 radical (unpaired) electrons. The minimum absolute atomic E-state index is 0.136. The summed E-state index contributed by atoms with van der Waals surface area (Å²) in [6.45, 7) is 1.79. The van der Waals surface area contributed by atoms with Crippen molar-refractivity contribution in [2.45, 2.75) is 37.6 Å². The summed E-state index contributed by atoms with van der Waals surface area (Å²) in [4.78, 5) is 32.0. The third-order valence-electron chi connectivity index (χ3n) is 6.36. The third kappa shape index (κ3) is 4.11. The summed E-state index contributed by atoms with van der Waals surface area (Å²) >= 11 is 0. The second-order valence-electron chi connectivity index (χ2n) is 8.34. The van der Waals surface area contributed by atoms with Crippen LogP contribution in [0.3, 0.4) is 0 Å². The van der Waals surface area contributed by atoms with E-state index in [0.29, 0.717) is 44.8 Å². The monoisotopic (exact) mass is 450 g/mol. The van der Waals surface area contributed by atoms with Crippen LogP contribution in [0.15, 0.2) is 59.5 Å². The van der Waals surface area contributed by atoms with Crippen LogP contribution in [0.5, 0.6) is 5.75 Å². The van der Waals surface area contributed by atoms with Crippen LogP contribution in [0.2, 0.25) is 0 Å². The maximum absolute atomic E-state index is 13.0. The molecular weight excluding hydrogens is 424 g/mol. The van der Waals surface area contributed by atoms with Crippen LogP contribution in [0.4, 0.5) is 0 Å². The summed E-state index contributed by atoms with van der Waals surface area (Å²) in [6, 6.07) is 10.9. The Balaban J connectivity index is 1.26. The van der Waals surface area contributed by atoms with Crippen molar-refractivity contribution in [3.05, 3.63) is 72.2 Å². The van der Waals surface area contributed by atoms with Crippen molar-refractivity contribution in [2.75, 3.05) is 20.2 Å². The number of likely N-dealkylation sites (tertiary alicyclic amines) is 1. The first-order valence-corrected chi connectivity index (χ1v) is 11.0. The van der Waals surface area contributed by atoms with E-state index < -0.39 is 11.7 Å². The smallest absolute Gasteiger partial charge is 0.289 e. The number of amides is 2. The van der Waals surface area contributed by atoms with Gasteiger partial charge in [0.2, 0.25) is 0 Å². The average molecular weight is 450 g/mol. The van der Waals surface area contributed by atoms with Gasteiger partial charge in [0.05, 0.1) is 19.9 Å². The number of ether oxygens (including phenoxy) is 2. The van der Waals surface area contributed by atoms with Crippen molar-refractivity contribution < 1.29 is 23.5 Å². The van der Waals surface area contributed by atoms with Crippen LogP contribution in [0.1, 0.15) is 34.8 Å². The number of hydrogen-bond donors (Lipinski definition) is 1. The molecule has 1 fully saturated rings. The predicted molar refractivity (Wildman–Crippen MR) is 117 cm³/mol. The Morgan fingerprint density at radius 2 is 2.00 bits per heavy atom. The predicted octanol–water partition coefficient (Wildman–Crippen LogP) is 2.33. The maximum atomic E-state index is 13.0. The fourth-order valence-electron chi connectivity index (χ4n) is 4.55. The molecule has 3 aromatic rings. The highest BCUT2D eigenvalue weighted by atomic mass is 16.5. The standard InChI is InChI=1S/C24H26N4O5/c1-31-18-6-4-17(5-7-18)15-26-21(29)20-16-28-13-10-25-23(28)24(33-20)8-11-27(12-9-24)22(30)19-3-2-14-32-19/h2-7,10,13-14,20H,8-9,11-12,15-16H2,1H3,(H,26,29)/t20-/m0/s1. The molecule has 0 aliphatic carbocycles. The van der Waals surface area contributed by atoms with E-state index in [9.17, 15) is 9.59 Å². The number of piperidine rings is 1. The van der Waals surface area contributed by atoms with Gasteiger partial charge >= 0.3 is 0 Å². The first-order chi connectivity index (χ1) is 16.1. The molecule has 0 saturated carbocycles. The molecular formula is C24H26N4O5. The number of aromatic nitrogens is 2. The molecule has 1 aromatic carbocycles. The molecule has 33 heavy (non-hydrogen) atoms. The van der Waals surface area contributed by atoms with Crippen LogP contribution in [-0.4, -0.2) is 52.6 Å². The van der Waals surface area contributed by atoms with Crippen molar-refractivity contribution in [3.8, 4) is 5.75 Å². The summed E-state index contributed by atoms with van der Waals surface area (Å²) in [6.07, 6.45) is 5.58. The normalized spacial score (nSPS) is 19.2. The molecule has 2 amide bonds. The first-order valence-electron chi connectivity index (χ1n) is 11.0. The summed E-state index contributed by atoms with van der Waals surface area (Å²) in [5.41, 5.74) is 0.270. The largest absolute Gasteiger partial charge is 0.497 e. The molecule has 1 saturated heterocycles. The van der Waals surface area contributed by atoms with E-state index in [4.69, 9.17) is 13.9 Å². The lowest BCUT2D eigenvalue weighted by atomic mass is 9.88. The number of hydrogen-bond acceptors (Lipinski definition) is 6. The first kappa shape index (κ1) is 21.3. The van der Waals surface area contributed by atoms with Gasteiger partial charge in [-0.05, 0) is 29.8 Å². The van der Waals surface area contributed by atoms with Gasteiger partial charge in [-0.3, -0.25) is 9.59 Å². The van der Waals surface area contributed by atoms with E-state index in [1.54, 1.807) is 30.3 Å². The molecule has 9 nitrogen and oxygen atoms in total. The lowest BCUT2D eigenvalue weighted by Gasteiger charge is -2.45. The molecule has 2 aliphatic rings. The molecule has 4 heterocycles. The summed E-state index contributed by atoms with van der Waals surface area (Å²) in [5.74, 6) is 1.60. The topological polar surface area (TPSA) is 98.8 Å². The Labute approximate surface area is 191 Å². The van der Waals surface area contributed by atoms with Gasteiger partial charge in [0.1, 0.15) is 17.2 Å². The number of nitrogens with zero attached hydrogens (tertiary/aromatic N) is 3. The van der Waals surface area contributed by atoms with E-state index in [0.717, 1.165) is 17.1 Å². The van der Waals surface area contributed by atoms with Crippen molar-refractivity contribution >= 4 is 11.8 Å². The molecule has 2 aromatic heterocycles. The van der Waals surface area contributed by atoms with Crippen molar-refractivity contribution in [1.29, 1.82) is 0 Å². The highest BCUT2D eigenvalue weighted by Gasteiger charge is 2.47. The number of methoxy groups -OCH3 is 1. The van der Waals surface area contributed by atoms with E-state index in [-0.39, 0.29) is 11.8 Å². The van der Waals surface area contributed by atoms with Gasteiger partial charge in [0.15, 0.2) is 11.9 Å². The Morgan fingerprint density at radius 3 is 2.70 bits per heavy atom. The van der Waals surface area contributed by atoms with Crippen LogP contribution in [-0.2, 0) is 28.2 Å². The molecule has 0 bridgehead atoms. The van der Waals surface area contributed by atoms with E-state index >= 15 is 0 Å². The van der Waals surface area contributed by atoms with Gasteiger partial charge in [-0.15, -0.1) is 0 Å². The Hall–Kier alpha value is -3.59. The molecule has 5 rings (SSSR count). The number of furan rings is 1. The van der Waals surface area contributed by atoms with E-state index in [1.807, 2.05) is 35.0 Å².